The number of rotatable bonds is 6. The molecular weight excluding hydrogens is 380 g/mol. The molecule has 1 aromatic heterocycles. The number of aryl methyl sites for hydroxylation is 2. The minimum atomic E-state index is -0.302. The number of hydrogen-bond acceptors (Lipinski definition) is 5. The molecule has 0 aliphatic carbocycles. The highest BCUT2D eigenvalue weighted by Crippen LogP contribution is 2.27. The van der Waals surface area contributed by atoms with E-state index in [1.54, 1.807) is 14.2 Å². The molecule has 7 nitrogen and oxygen atoms in total. The molecule has 3 aromatic carbocycles. The van der Waals surface area contributed by atoms with Crippen molar-refractivity contribution in [2.24, 2.45) is 7.05 Å². The zero-order valence-corrected chi connectivity index (χ0v) is 17.1. The summed E-state index contributed by atoms with van der Waals surface area (Å²) in [6.45, 7) is 2.29. The topological polar surface area (TPSA) is 71.2 Å². The summed E-state index contributed by atoms with van der Waals surface area (Å²) in [5.74, 6) is 1.56. The van der Waals surface area contributed by atoms with Crippen LogP contribution in [0.1, 0.15) is 11.1 Å². The molecule has 30 heavy (non-hydrogen) atoms. The van der Waals surface area contributed by atoms with Gasteiger partial charge in [0, 0.05) is 12.6 Å². The zero-order valence-electron chi connectivity index (χ0n) is 17.1. The van der Waals surface area contributed by atoms with Gasteiger partial charge in [0.25, 0.3) is 0 Å². The van der Waals surface area contributed by atoms with Crippen molar-refractivity contribution in [1.82, 2.24) is 19.8 Å². The second-order valence-corrected chi connectivity index (χ2v) is 6.91. The van der Waals surface area contributed by atoms with Gasteiger partial charge < -0.3 is 9.47 Å². The molecule has 0 saturated carbocycles. The van der Waals surface area contributed by atoms with Crippen molar-refractivity contribution in [1.29, 1.82) is 0 Å². The number of tetrazole rings is 1. The van der Waals surface area contributed by atoms with Crippen LogP contribution in [0.15, 0.2) is 71.5 Å². The van der Waals surface area contributed by atoms with Gasteiger partial charge in [-0.25, -0.2) is 4.79 Å². The summed E-state index contributed by atoms with van der Waals surface area (Å²) in [5, 5.41) is 7.77. The molecule has 152 valence electrons. The highest BCUT2D eigenvalue weighted by molar-refractivity contribution is 5.65. The van der Waals surface area contributed by atoms with E-state index < -0.39 is 0 Å². The molecule has 0 unspecified atom stereocenters. The predicted molar refractivity (Wildman–Crippen MR) is 114 cm³/mol. The van der Waals surface area contributed by atoms with Gasteiger partial charge in [0.2, 0.25) is 0 Å². The van der Waals surface area contributed by atoms with Gasteiger partial charge in [-0.05, 0) is 64.4 Å². The smallest absolute Gasteiger partial charge is 0.368 e. The van der Waals surface area contributed by atoms with Gasteiger partial charge in [-0.2, -0.15) is 9.36 Å². The SMILES string of the molecule is COc1ccc(-c2cccc(OCc3c(C)cccc3-n3nnn(C)c3=O)c2)cc1. The van der Waals surface area contributed by atoms with Crippen LogP contribution in [0.5, 0.6) is 11.5 Å². The fourth-order valence-electron chi connectivity index (χ4n) is 3.24. The van der Waals surface area contributed by atoms with Crippen molar-refractivity contribution < 1.29 is 9.47 Å². The van der Waals surface area contributed by atoms with E-state index in [1.807, 2.05) is 73.7 Å². The van der Waals surface area contributed by atoms with Gasteiger partial charge >= 0.3 is 5.69 Å². The first kappa shape index (κ1) is 19.4. The Morgan fingerprint density at radius 3 is 2.37 bits per heavy atom. The summed E-state index contributed by atoms with van der Waals surface area (Å²) >= 11 is 0. The molecule has 0 bridgehead atoms. The van der Waals surface area contributed by atoms with Crippen molar-refractivity contribution >= 4 is 0 Å². The van der Waals surface area contributed by atoms with Crippen LogP contribution in [0.3, 0.4) is 0 Å². The van der Waals surface area contributed by atoms with E-state index in [4.69, 9.17) is 9.47 Å². The van der Waals surface area contributed by atoms with Crippen molar-refractivity contribution in [2.45, 2.75) is 13.5 Å². The fraction of sp³-hybridized carbons (Fsp3) is 0.174. The lowest BCUT2D eigenvalue weighted by Gasteiger charge is -2.13. The number of ether oxygens (including phenoxy) is 2. The molecule has 0 fully saturated rings. The summed E-state index contributed by atoms with van der Waals surface area (Å²) in [4.78, 5) is 12.3. The molecule has 4 aromatic rings. The Morgan fingerprint density at radius 2 is 1.67 bits per heavy atom. The van der Waals surface area contributed by atoms with Gasteiger partial charge in [0.15, 0.2) is 0 Å². The molecule has 0 amide bonds. The predicted octanol–water partition coefficient (Wildman–Crippen LogP) is 3.53. The minimum absolute atomic E-state index is 0.302. The number of methoxy groups -OCH3 is 1. The van der Waals surface area contributed by atoms with Gasteiger partial charge in [-0.1, -0.05) is 36.4 Å². The fourth-order valence-corrected chi connectivity index (χ4v) is 3.24. The van der Waals surface area contributed by atoms with Crippen molar-refractivity contribution in [3.05, 3.63) is 88.3 Å². The van der Waals surface area contributed by atoms with Gasteiger partial charge in [0.05, 0.1) is 12.8 Å². The minimum Gasteiger partial charge on any atom is -0.497 e. The van der Waals surface area contributed by atoms with Crippen molar-refractivity contribution in [3.63, 3.8) is 0 Å². The molecule has 1 heterocycles. The normalized spacial score (nSPS) is 10.8. The van der Waals surface area contributed by atoms with Crippen LogP contribution in [-0.2, 0) is 13.7 Å². The van der Waals surface area contributed by atoms with E-state index in [9.17, 15) is 4.79 Å². The monoisotopic (exact) mass is 402 g/mol. The van der Waals surface area contributed by atoms with E-state index >= 15 is 0 Å². The van der Waals surface area contributed by atoms with Crippen LogP contribution in [-0.4, -0.2) is 26.9 Å². The second kappa shape index (κ2) is 8.24. The summed E-state index contributed by atoms with van der Waals surface area (Å²) in [5.41, 5.74) is 4.38. The van der Waals surface area contributed by atoms with E-state index in [1.165, 1.54) is 9.36 Å². The van der Waals surface area contributed by atoms with E-state index in [0.29, 0.717) is 12.3 Å². The lowest BCUT2D eigenvalue weighted by atomic mass is 10.1. The van der Waals surface area contributed by atoms with Crippen LogP contribution in [0, 0.1) is 6.92 Å². The van der Waals surface area contributed by atoms with Crippen LogP contribution in [0.4, 0.5) is 0 Å². The highest BCUT2D eigenvalue weighted by atomic mass is 16.5. The quantitative estimate of drug-likeness (QED) is 0.493. The van der Waals surface area contributed by atoms with Crippen LogP contribution in [0.2, 0.25) is 0 Å². The first-order valence-corrected chi connectivity index (χ1v) is 9.52. The first-order chi connectivity index (χ1) is 14.6. The number of benzene rings is 3. The molecule has 0 radical (unpaired) electrons. The van der Waals surface area contributed by atoms with Gasteiger partial charge in [-0.3, -0.25) is 0 Å². The summed E-state index contributed by atoms with van der Waals surface area (Å²) in [7, 11) is 3.22. The molecule has 0 saturated heterocycles. The third-order valence-corrected chi connectivity index (χ3v) is 4.98. The van der Waals surface area contributed by atoms with Crippen molar-refractivity contribution in [3.8, 4) is 28.3 Å². The lowest BCUT2D eigenvalue weighted by molar-refractivity contribution is 0.305. The Bertz CT molecular complexity index is 1230. The van der Waals surface area contributed by atoms with Gasteiger partial charge in [-0.15, -0.1) is 0 Å². The third kappa shape index (κ3) is 3.82. The molecule has 0 spiro atoms. The lowest BCUT2D eigenvalue weighted by Crippen LogP contribution is -2.23. The Morgan fingerprint density at radius 1 is 0.900 bits per heavy atom. The highest BCUT2D eigenvalue weighted by Gasteiger charge is 2.13. The molecule has 0 atom stereocenters. The zero-order chi connectivity index (χ0) is 21.1. The number of hydrogen-bond donors (Lipinski definition) is 0. The van der Waals surface area contributed by atoms with Crippen molar-refractivity contribution in [2.75, 3.05) is 7.11 Å². The van der Waals surface area contributed by atoms with Crippen LogP contribution in [0.25, 0.3) is 16.8 Å². The van der Waals surface area contributed by atoms with Gasteiger partial charge in [0.1, 0.15) is 18.1 Å². The molecule has 7 heteroatoms. The Kier molecular flexibility index (Phi) is 5.34. The van der Waals surface area contributed by atoms with Crippen LogP contribution >= 0.6 is 0 Å². The average Bonchev–Trinajstić information content (AvgIpc) is 3.11. The second-order valence-electron chi connectivity index (χ2n) is 6.91. The maximum atomic E-state index is 12.3. The summed E-state index contributed by atoms with van der Waals surface area (Å²) in [6, 6.07) is 21.5. The Hall–Kier alpha value is -3.87. The first-order valence-electron chi connectivity index (χ1n) is 9.52. The average molecular weight is 402 g/mol. The molecular formula is C23H22N4O3. The number of nitrogens with zero attached hydrogens (tertiary/aromatic N) is 4. The van der Waals surface area contributed by atoms with E-state index in [2.05, 4.69) is 10.4 Å². The molecule has 4 rings (SSSR count). The third-order valence-electron chi connectivity index (χ3n) is 4.98. The maximum absolute atomic E-state index is 12.3. The molecule has 0 N–H and O–H groups in total. The standard InChI is InChI=1S/C23H22N4O3/c1-16-6-4-9-22(27-23(28)26(2)24-25-27)21(16)15-30-20-8-5-7-18(14-20)17-10-12-19(29-3)13-11-17/h4-14H,15H2,1-3H3. The maximum Gasteiger partial charge on any atom is 0.368 e. The van der Waals surface area contributed by atoms with E-state index in [-0.39, 0.29) is 5.69 Å². The van der Waals surface area contributed by atoms with E-state index in [0.717, 1.165) is 33.8 Å². The molecule has 0 aliphatic heterocycles. The number of aromatic nitrogens is 4. The summed E-state index contributed by atoms with van der Waals surface area (Å²) < 4.78 is 13.8. The Labute approximate surface area is 174 Å². The van der Waals surface area contributed by atoms with Crippen LogP contribution < -0.4 is 15.2 Å². The largest absolute Gasteiger partial charge is 0.497 e. The molecule has 0 aliphatic rings. The summed E-state index contributed by atoms with van der Waals surface area (Å²) in [6.07, 6.45) is 0. The Balaban J connectivity index is 1.60.